The summed E-state index contributed by atoms with van der Waals surface area (Å²) >= 11 is 0. The van der Waals surface area contributed by atoms with Crippen molar-refractivity contribution < 1.29 is 14.7 Å². The van der Waals surface area contributed by atoms with Crippen LogP contribution < -0.4 is 5.32 Å². The maximum absolute atomic E-state index is 12.2. The molecule has 2 N–H and O–H groups in total. The maximum atomic E-state index is 12.2. The van der Waals surface area contributed by atoms with Gasteiger partial charge < -0.3 is 15.3 Å². The molecular weight excluding hydrogens is 268 g/mol. The van der Waals surface area contributed by atoms with Crippen LogP contribution in [0, 0.1) is 11.8 Å². The lowest BCUT2D eigenvalue weighted by molar-refractivity contribution is -0.143. The minimum Gasteiger partial charge on any atom is -0.480 e. The predicted octanol–water partition coefficient (Wildman–Crippen LogP) is 2.85. The molecule has 1 aliphatic carbocycles. The predicted molar refractivity (Wildman–Crippen MR) is 81.1 cm³/mol. The highest BCUT2D eigenvalue weighted by molar-refractivity contribution is 5.82. The second-order valence-corrected chi connectivity index (χ2v) is 6.70. The van der Waals surface area contributed by atoms with Crippen LogP contribution in [0.25, 0.3) is 0 Å². The Bertz CT molecular complexity index is 367. The summed E-state index contributed by atoms with van der Waals surface area (Å²) in [6, 6.07) is -0.871. The van der Waals surface area contributed by atoms with Crippen molar-refractivity contribution in [1.29, 1.82) is 0 Å². The molecule has 1 aliphatic heterocycles. The number of carboxylic acids is 1. The minimum atomic E-state index is -0.886. The molecule has 120 valence electrons. The largest absolute Gasteiger partial charge is 0.480 e. The van der Waals surface area contributed by atoms with E-state index in [1.807, 2.05) is 6.92 Å². The quantitative estimate of drug-likeness (QED) is 0.766. The molecule has 5 heteroatoms. The number of nitrogens with one attached hydrogen (secondary N) is 1. The summed E-state index contributed by atoms with van der Waals surface area (Å²) in [4.78, 5) is 25.0. The Morgan fingerprint density at radius 2 is 1.95 bits per heavy atom. The van der Waals surface area contributed by atoms with Crippen molar-refractivity contribution in [3.8, 4) is 0 Å². The summed E-state index contributed by atoms with van der Waals surface area (Å²) in [6.45, 7) is 3.26. The van der Waals surface area contributed by atoms with Crippen LogP contribution >= 0.6 is 0 Å². The van der Waals surface area contributed by atoms with E-state index < -0.39 is 12.0 Å². The van der Waals surface area contributed by atoms with Gasteiger partial charge in [0.25, 0.3) is 0 Å². The molecule has 0 radical (unpaired) electrons. The highest BCUT2D eigenvalue weighted by Gasteiger charge is 2.34. The molecule has 1 heterocycles. The van der Waals surface area contributed by atoms with Gasteiger partial charge in [0, 0.05) is 13.1 Å². The average Bonchev–Trinajstić information content (AvgIpc) is 2.96. The summed E-state index contributed by atoms with van der Waals surface area (Å²) in [5, 5.41) is 12.2. The zero-order chi connectivity index (χ0) is 15.2. The van der Waals surface area contributed by atoms with Gasteiger partial charge in [-0.1, -0.05) is 32.6 Å². The highest BCUT2D eigenvalue weighted by Crippen LogP contribution is 2.28. The molecule has 2 fully saturated rings. The number of hydrogen-bond donors (Lipinski definition) is 2. The van der Waals surface area contributed by atoms with E-state index in [0.29, 0.717) is 25.4 Å². The Kier molecular flexibility index (Phi) is 5.88. The zero-order valence-electron chi connectivity index (χ0n) is 13.0. The van der Waals surface area contributed by atoms with Crippen molar-refractivity contribution in [2.75, 3.05) is 13.1 Å². The number of rotatable bonds is 5. The van der Waals surface area contributed by atoms with E-state index in [4.69, 9.17) is 0 Å². The Morgan fingerprint density at radius 3 is 2.62 bits per heavy atom. The second-order valence-electron chi connectivity index (χ2n) is 6.70. The minimum absolute atomic E-state index is 0.208. The molecule has 0 aromatic rings. The lowest BCUT2D eigenvalue weighted by Crippen LogP contribution is -2.53. The zero-order valence-corrected chi connectivity index (χ0v) is 13.0. The third kappa shape index (κ3) is 4.61. The van der Waals surface area contributed by atoms with Crippen LogP contribution in [0.3, 0.4) is 0 Å². The summed E-state index contributed by atoms with van der Waals surface area (Å²) < 4.78 is 0. The Morgan fingerprint density at radius 1 is 1.24 bits per heavy atom. The first-order chi connectivity index (χ1) is 10.1. The molecule has 2 amide bonds. The topological polar surface area (TPSA) is 69.6 Å². The normalized spacial score (nSPS) is 26.8. The van der Waals surface area contributed by atoms with E-state index in [-0.39, 0.29) is 6.03 Å². The third-order valence-electron chi connectivity index (χ3n) is 4.95. The van der Waals surface area contributed by atoms with Gasteiger partial charge in [-0.25, -0.2) is 9.59 Å². The molecule has 1 saturated carbocycles. The number of aliphatic carboxylic acids is 1. The van der Waals surface area contributed by atoms with E-state index in [2.05, 4.69) is 5.32 Å². The van der Waals surface area contributed by atoms with Crippen molar-refractivity contribution in [3.05, 3.63) is 0 Å². The molecule has 0 bridgehead atoms. The molecule has 1 saturated heterocycles. The Labute approximate surface area is 127 Å². The van der Waals surface area contributed by atoms with Crippen LogP contribution in [0.15, 0.2) is 0 Å². The molecule has 2 unspecified atom stereocenters. The van der Waals surface area contributed by atoms with Gasteiger partial charge in [-0.05, 0) is 37.5 Å². The molecule has 2 aliphatic rings. The Hall–Kier alpha value is -1.26. The second kappa shape index (κ2) is 7.66. The SMILES string of the molecule is CC1CCN(C(=O)NCCCC2CCCC2)C(C(=O)O)C1. The van der Waals surface area contributed by atoms with Crippen LogP contribution in [0.5, 0.6) is 0 Å². The first-order valence-corrected chi connectivity index (χ1v) is 8.35. The first-order valence-electron chi connectivity index (χ1n) is 8.35. The van der Waals surface area contributed by atoms with Crippen molar-refractivity contribution in [2.24, 2.45) is 11.8 Å². The molecule has 5 nitrogen and oxygen atoms in total. The van der Waals surface area contributed by atoms with Gasteiger partial charge in [-0.15, -0.1) is 0 Å². The van der Waals surface area contributed by atoms with Gasteiger partial charge in [-0.2, -0.15) is 0 Å². The van der Waals surface area contributed by atoms with Crippen LogP contribution in [-0.4, -0.2) is 41.1 Å². The maximum Gasteiger partial charge on any atom is 0.326 e. The number of hydrogen-bond acceptors (Lipinski definition) is 2. The van der Waals surface area contributed by atoms with Crippen LogP contribution in [0.4, 0.5) is 4.79 Å². The number of amides is 2. The molecular formula is C16H28N2O3. The lowest BCUT2D eigenvalue weighted by atomic mass is 9.93. The van der Waals surface area contributed by atoms with E-state index in [1.165, 1.54) is 37.0 Å². The standard InChI is InChI=1S/C16H28N2O3/c1-12-8-10-18(14(11-12)15(19)20)16(21)17-9-4-7-13-5-2-3-6-13/h12-14H,2-11H2,1H3,(H,17,21)(H,19,20). The van der Waals surface area contributed by atoms with Crippen molar-refractivity contribution in [3.63, 3.8) is 0 Å². The molecule has 21 heavy (non-hydrogen) atoms. The van der Waals surface area contributed by atoms with Gasteiger partial charge in [0.1, 0.15) is 6.04 Å². The number of carboxylic acid groups (broad SMARTS) is 1. The van der Waals surface area contributed by atoms with Gasteiger partial charge in [0.15, 0.2) is 0 Å². The molecule has 0 aromatic heterocycles. The monoisotopic (exact) mass is 296 g/mol. The lowest BCUT2D eigenvalue weighted by Gasteiger charge is -2.35. The number of carbonyl (C=O) groups excluding carboxylic acids is 1. The number of piperidine rings is 1. The molecule has 2 rings (SSSR count). The first kappa shape index (κ1) is 16.1. The average molecular weight is 296 g/mol. The number of nitrogens with zero attached hydrogens (tertiary/aromatic N) is 1. The smallest absolute Gasteiger partial charge is 0.326 e. The fourth-order valence-electron chi connectivity index (χ4n) is 3.61. The number of carbonyl (C=O) groups is 2. The van der Waals surface area contributed by atoms with Crippen LogP contribution in [0.2, 0.25) is 0 Å². The summed E-state index contributed by atoms with van der Waals surface area (Å²) in [5.74, 6) is 0.324. The third-order valence-corrected chi connectivity index (χ3v) is 4.95. The molecule has 0 aromatic carbocycles. The number of urea groups is 1. The summed E-state index contributed by atoms with van der Waals surface area (Å²) in [6.07, 6.45) is 8.99. The highest BCUT2D eigenvalue weighted by atomic mass is 16.4. The fraction of sp³-hybridized carbons (Fsp3) is 0.875. The van der Waals surface area contributed by atoms with Gasteiger partial charge in [0.05, 0.1) is 0 Å². The van der Waals surface area contributed by atoms with Crippen molar-refractivity contribution in [1.82, 2.24) is 10.2 Å². The summed E-state index contributed by atoms with van der Waals surface area (Å²) in [7, 11) is 0. The van der Waals surface area contributed by atoms with Crippen LogP contribution in [0.1, 0.15) is 58.3 Å². The van der Waals surface area contributed by atoms with Gasteiger partial charge >= 0.3 is 12.0 Å². The fourth-order valence-corrected chi connectivity index (χ4v) is 3.61. The van der Waals surface area contributed by atoms with E-state index in [9.17, 15) is 14.7 Å². The van der Waals surface area contributed by atoms with Crippen LogP contribution in [-0.2, 0) is 4.79 Å². The van der Waals surface area contributed by atoms with Gasteiger partial charge in [-0.3, -0.25) is 0 Å². The van der Waals surface area contributed by atoms with Gasteiger partial charge in [0.2, 0.25) is 0 Å². The summed E-state index contributed by atoms with van der Waals surface area (Å²) in [5.41, 5.74) is 0. The van der Waals surface area contributed by atoms with Crippen molar-refractivity contribution >= 4 is 12.0 Å². The molecule has 0 spiro atoms. The molecule has 2 atom stereocenters. The number of likely N-dealkylation sites (tertiary alicyclic amines) is 1. The Balaban J connectivity index is 1.71. The van der Waals surface area contributed by atoms with E-state index in [0.717, 1.165) is 18.8 Å². The van der Waals surface area contributed by atoms with E-state index >= 15 is 0 Å². The van der Waals surface area contributed by atoms with Crippen molar-refractivity contribution in [2.45, 2.75) is 64.3 Å². The van der Waals surface area contributed by atoms with E-state index in [1.54, 1.807) is 0 Å².